The highest BCUT2D eigenvalue weighted by atomic mass is 16.4. The molecule has 164 valence electrons. The maximum Gasteiger partial charge on any atom is 0.316 e. The summed E-state index contributed by atoms with van der Waals surface area (Å²) >= 11 is 0. The van der Waals surface area contributed by atoms with Crippen LogP contribution >= 0.6 is 0 Å². The highest BCUT2D eigenvalue weighted by molar-refractivity contribution is 6.11. The lowest BCUT2D eigenvalue weighted by Gasteiger charge is -2.24. The van der Waals surface area contributed by atoms with Crippen LogP contribution in [-0.2, 0) is 9.59 Å². The van der Waals surface area contributed by atoms with E-state index < -0.39 is 29.6 Å². The molecule has 31 heavy (non-hydrogen) atoms. The third-order valence-electron chi connectivity index (χ3n) is 4.89. The van der Waals surface area contributed by atoms with Crippen LogP contribution in [-0.4, -0.2) is 33.8 Å². The van der Waals surface area contributed by atoms with Crippen molar-refractivity contribution >= 4 is 23.7 Å². The number of rotatable bonds is 10. The van der Waals surface area contributed by atoms with E-state index in [4.69, 9.17) is 0 Å². The molecule has 0 heterocycles. The molecule has 2 aromatic carbocycles. The van der Waals surface area contributed by atoms with E-state index in [1.807, 2.05) is 0 Å². The van der Waals surface area contributed by atoms with E-state index in [0.29, 0.717) is 11.4 Å². The van der Waals surface area contributed by atoms with Gasteiger partial charge in [0.2, 0.25) is 0 Å². The lowest BCUT2D eigenvalue weighted by Crippen LogP contribution is -2.53. The van der Waals surface area contributed by atoms with Crippen molar-refractivity contribution in [1.82, 2.24) is 10.4 Å². The summed E-state index contributed by atoms with van der Waals surface area (Å²) in [5, 5.41) is 10.2. The fourth-order valence-electron chi connectivity index (χ4n) is 3.13. The topological polar surface area (TPSA) is 104 Å². The molecule has 0 aliphatic rings. The molecule has 2 rings (SSSR count). The van der Waals surface area contributed by atoms with Crippen LogP contribution in [0.3, 0.4) is 0 Å². The number of carbonyl (C=O) groups excluding carboxylic acids is 3. The number of unbranched alkanes of at least 4 members (excludes halogenated alkanes) is 4. The van der Waals surface area contributed by atoms with Crippen LogP contribution in [0, 0.1) is 5.92 Å². The molecule has 0 spiro atoms. The molecule has 2 aromatic rings. The predicted molar refractivity (Wildman–Crippen MR) is 116 cm³/mol. The van der Waals surface area contributed by atoms with Crippen molar-refractivity contribution in [2.24, 2.45) is 5.92 Å². The quantitative estimate of drug-likeness (QED) is 0.340. The Morgan fingerprint density at radius 2 is 1.39 bits per heavy atom. The van der Waals surface area contributed by atoms with Crippen LogP contribution in [0.15, 0.2) is 60.7 Å². The second-order valence-electron chi connectivity index (χ2n) is 7.25. The maximum absolute atomic E-state index is 13.1. The van der Waals surface area contributed by atoms with Gasteiger partial charge in [-0.1, -0.05) is 75.4 Å². The summed E-state index contributed by atoms with van der Waals surface area (Å²) in [6.07, 6.45) is 4.48. The molecule has 0 saturated heterocycles. The van der Waals surface area contributed by atoms with Gasteiger partial charge in [0.1, 0.15) is 5.92 Å². The summed E-state index contributed by atoms with van der Waals surface area (Å²) in [5.74, 6) is -5.16. The zero-order valence-electron chi connectivity index (χ0n) is 17.6. The Labute approximate surface area is 182 Å². The molecule has 0 bridgehead atoms. The van der Waals surface area contributed by atoms with Crippen molar-refractivity contribution in [3.05, 3.63) is 71.8 Å². The number of hydrogen-bond acceptors (Lipinski definition) is 4. The van der Waals surface area contributed by atoms with Gasteiger partial charge < -0.3 is 5.11 Å². The molecule has 0 radical (unpaired) electrons. The Bertz CT molecular complexity index is 883. The van der Waals surface area contributed by atoms with Crippen molar-refractivity contribution in [2.75, 3.05) is 0 Å². The Morgan fingerprint density at radius 3 is 1.94 bits per heavy atom. The lowest BCUT2D eigenvalue weighted by atomic mass is 9.99. The van der Waals surface area contributed by atoms with Crippen LogP contribution in [0.25, 0.3) is 0 Å². The van der Waals surface area contributed by atoms with Gasteiger partial charge in [-0.3, -0.25) is 24.6 Å². The van der Waals surface area contributed by atoms with Crippen molar-refractivity contribution in [2.45, 2.75) is 45.4 Å². The smallest absolute Gasteiger partial charge is 0.316 e. The van der Waals surface area contributed by atoms with E-state index in [-0.39, 0.29) is 17.5 Å². The van der Waals surface area contributed by atoms with Crippen LogP contribution in [0.5, 0.6) is 0 Å². The van der Waals surface area contributed by atoms with E-state index in [2.05, 4.69) is 12.3 Å². The monoisotopic (exact) mass is 424 g/mol. The first-order chi connectivity index (χ1) is 15.0. The second-order valence-corrected chi connectivity index (χ2v) is 7.25. The van der Waals surface area contributed by atoms with E-state index in [1.54, 1.807) is 36.4 Å². The zero-order valence-corrected chi connectivity index (χ0v) is 17.6. The van der Waals surface area contributed by atoms with Crippen LogP contribution in [0.4, 0.5) is 0 Å². The summed E-state index contributed by atoms with van der Waals surface area (Å²) in [5.41, 5.74) is 2.72. The molecule has 0 aliphatic heterocycles. The molecular formula is C24H28N2O5. The highest BCUT2D eigenvalue weighted by Gasteiger charge is 2.35. The number of aliphatic carboxylic acids is 1. The van der Waals surface area contributed by atoms with Gasteiger partial charge in [0.25, 0.3) is 17.7 Å². The third-order valence-corrected chi connectivity index (χ3v) is 4.89. The van der Waals surface area contributed by atoms with Crippen LogP contribution < -0.4 is 5.43 Å². The maximum atomic E-state index is 13.1. The summed E-state index contributed by atoms with van der Waals surface area (Å²) in [6.45, 7) is 2.08. The highest BCUT2D eigenvalue weighted by Crippen LogP contribution is 2.16. The van der Waals surface area contributed by atoms with Crippen molar-refractivity contribution in [3.63, 3.8) is 0 Å². The summed E-state index contributed by atoms with van der Waals surface area (Å²) in [7, 11) is 0. The van der Waals surface area contributed by atoms with Crippen molar-refractivity contribution in [1.29, 1.82) is 0 Å². The molecule has 0 saturated carbocycles. The van der Waals surface area contributed by atoms with Gasteiger partial charge in [0, 0.05) is 11.1 Å². The van der Waals surface area contributed by atoms with Crippen LogP contribution in [0.2, 0.25) is 0 Å². The van der Waals surface area contributed by atoms with Crippen molar-refractivity contribution in [3.8, 4) is 0 Å². The Hall–Kier alpha value is -3.48. The van der Waals surface area contributed by atoms with Gasteiger partial charge in [-0.05, 0) is 30.7 Å². The van der Waals surface area contributed by atoms with Gasteiger partial charge in [0.15, 0.2) is 0 Å². The van der Waals surface area contributed by atoms with Gasteiger partial charge in [-0.25, -0.2) is 0 Å². The summed E-state index contributed by atoms with van der Waals surface area (Å²) in [6, 6.07) is 16.0. The fraction of sp³-hybridized carbons (Fsp3) is 0.333. The molecular weight excluding hydrogens is 396 g/mol. The predicted octanol–water partition coefficient (Wildman–Crippen LogP) is 4.06. The number of imide groups is 1. The van der Waals surface area contributed by atoms with E-state index in [0.717, 1.165) is 25.7 Å². The number of carboxylic acid groups (broad SMARTS) is 1. The minimum Gasteiger partial charge on any atom is -0.481 e. The number of nitrogens with one attached hydrogen (secondary N) is 1. The largest absolute Gasteiger partial charge is 0.481 e. The molecule has 1 unspecified atom stereocenters. The zero-order chi connectivity index (χ0) is 22.6. The standard InChI is InChI=1S/C24H28N2O5/c1-2-3-4-5-12-17-20(24(30)31)23(29)26(22(28)19-15-10-7-11-16-19)25-21(27)18-13-8-6-9-14-18/h6-11,13-16,20H,2-5,12,17H2,1H3,(H,25,27)(H,30,31). The number of amides is 3. The third kappa shape index (κ3) is 7.06. The van der Waals surface area contributed by atoms with E-state index in [1.165, 1.54) is 24.3 Å². The molecule has 0 aliphatic carbocycles. The van der Waals surface area contributed by atoms with E-state index >= 15 is 0 Å². The first-order valence-electron chi connectivity index (χ1n) is 10.5. The lowest BCUT2D eigenvalue weighted by molar-refractivity contribution is -0.151. The minimum atomic E-state index is -1.43. The first-order valence-corrected chi connectivity index (χ1v) is 10.5. The minimum absolute atomic E-state index is 0.0949. The van der Waals surface area contributed by atoms with Crippen LogP contribution in [0.1, 0.15) is 66.2 Å². The molecule has 7 heteroatoms. The number of benzene rings is 2. The second kappa shape index (κ2) is 12.3. The average molecular weight is 424 g/mol. The molecule has 3 amide bonds. The van der Waals surface area contributed by atoms with Gasteiger partial charge >= 0.3 is 5.97 Å². The summed E-state index contributed by atoms with van der Waals surface area (Å²) < 4.78 is 0. The molecule has 7 nitrogen and oxygen atoms in total. The average Bonchev–Trinajstić information content (AvgIpc) is 2.79. The number of nitrogens with zero attached hydrogens (tertiary/aromatic N) is 1. The van der Waals surface area contributed by atoms with Gasteiger partial charge in [-0.15, -0.1) is 0 Å². The number of hydrogen-bond donors (Lipinski definition) is 2. The Balaban J connectivity index is 2.24. The SMILES string of the molecule is CCCCCCCC(C(=O)O)C(=O)N(NC(=O)c1ccccc1)C(=O)c1ccccc1. The number of carboxylic acids is 1. The summed E-state index contributed by atoms with van der Waals surface area (Å²) in [4.78, 5) is 50.5. The first kappa shape index (κ1) is 23.8. The molecule has 0 aromatic heterocycles. The van der Waals surface area contributed by atoms with E-state index in [9.17, 15) is 24.3 Å². The van der Waals surface area contributed by atoms with Gasteiger partial charge in [0.05, 0.1) is 0 Å². The molecule has 2 N–H and O–H groups in total. The number of carbonyl (C=O) groups is 4. The fourth-order valence-corrected chi connectivity index (χ4v) is 3.13. The van der Waals surface area contributed by atoms with Gasteiger partial charge in [-0.2, -0.15) is 5.01 Å². The number of hydrazine groups is 1. The Kier molecular flexibility index (Phi) is 9.42. The molecule has 0 fully saturated rings. The normalized spacial score (nSPS) is 11.4. The molecule has 1 atom stereocenters. The van der Waals surface area contributed by atoms with Crippen molar-refractivity contribution < 1.29 is 24.3 Å². The Morgan fingerprint density at radius 1 is 0.839 bits per heavy atom.